The van der Waals surface area contributed by atoms with Gasteiger partial charge in [0.25, 0.3) is 0 Å². The molecule has 1 N–H and O–H groups in total. The van der Waals surface area contributed by atoms with Crippen LogP contribution in [0.3, 0.4) is 0 Å². The van der Waals surface area contributed by atoms with Gasteiger partial charge in [0.1, 0.15) is 5.82 Å². The lowest BCUT2D eigenvalue weighted by Gasteiger charge is -2.05. The molecule has 0 amide bonds. The molecule has 5 heteroatoms. The first-order valence-corrected chi connectivity index (χ1v) is 5.38. The topological polar surface area (TPSA) is 54.4 Å². The summed E-state index contributed by atoms with van der Waals surface area (Å²) < 4.78 is 0. The number of hydrogen-bond donors (Lipinski definition) is 1. The van der Waals surface area contributed by atoms with E-state index in [1.54, 1.807) is 6.07 Å². The van der Waals surface area contributed by atoms with Crippen molar-refractivity contribution in [1.82, 2.24) is 4.98 Å². The molecule has 2 rings (SSSR count). The zero-order chi connectivity index (χ0) is 12.3. The second-order valence-electron chi connectivity index (χ2n) is 3.51. The molecule has 0 atom stereocenters. The molecule has 0 aliphatic rings. The Balaban J connectivity index is 2.44. The van der Waals surface area contributed by atoms with Gasteiger partial charge in [-0.05, 0) is 36.8 Å². The minimum Gasteiger partial charge on any atom is -0.297 e. The lowest BCUT2D eigenvalue weighted by molar-refractivity contribution is -0.102. The number of aldehydes is 1. The van der Waals surface area contributed by atoms with Gasteiger partial charge >= 0.3 is 0 Å². The molecule has 0 aliphatic carbocycles. The molecule has 0 unspecified atom stereocenters. The monoisotopic (exact) mass is 247 g/mol. The highest BCUT2D eigenvalue weighted by atomic mass is 35.5. The minimum atomic E-state index is 0.593. The van der Waals surface area contributed by atoms with E-state index in [4.69, 9.17) is 11.6 Å². The molecule has 0 saturated carbocycles. The summed E-state index contributed by atoms with van der Waals surface area (Å²) in [7, 11) is 0. The highest BCUT2D eigenvalue weighted by molar-refractivity contribution is 6.31. The van der Waals surface area contributed by atoms with Crippen molar-refractivity contribution in [3.05, 3.63) is 34.9 Å². The van der Waals surface area contributed by atoms with Gasteiger partial charge < -0.3 is 0 Å². The van der Waals surface area contributed by atoms with Crippen molar-refractivity contribution in [3.63, 3.8) is 0 Å². The first-order chi connectivity index (χ1) is 8.20. The second kappa shape index (κ2) is 4.93. The van der Waals surface area contributed by atoms with Crippen LogP contribution in [0.2, 0.25) is 5.02 Å². The predicted molar refractivity (Wildman–Crippen MR) is 69.7 cm³/mol. The summed E-state index contributed by atoms with van der Waals surface area (Å²) in [4.78, 5) is 14.4. The number of halogens is 1. The second-order valence-corrected chi connectivity index (χ2v) is 3.95. The van der Waals surface area contributed by atoms with Gasteiger partial charge in [0.05, 0.1) is 11.7 Å². The molecule has 0 fully saturated rings. The fourth-order valence-corrected chi connectivity index (χ4v) is 1.73. The molecular weight excluding hydrogens is 238 g/mol. The average molecular weight is 248 g/mol. The summed E-state index contributed by atoms with van der Waals surface area (Å²) in [5, 5.41) is 5.38. The SMILES string of the molecule is Cc1cc(N/N=C/C=O)nc2ccc(Cl)cc12. The summed E-state index contributed by atoms with van der Waals surface area (Å²) in [6.07, 6.45) is 1.73. The molecule has 0 aliphatic heterocycles. The summed E-state index contributed by atoms with van der Waals surface area (Å²) in [6.45, 7) is 1.97. The van der Waals surface area contributed by atoms with E-state index >= 15 is 0 Å². The van der Waals surface area contributed by atoms with Crippen LogP contribution in [0, 0.1) is 6.92 Å². The molecule has 86 valence electrons. The first-order valence-electron chi connectivity index (χ1n) is 5.00. The number of carbonyl (C=O) groups is 1. The van der Waals surface area contributed by atoms with Crippen LogP contribution in [-0.4, -0.2) is 17.5 Å². The van der Waals surface area contributed by atoms with Crippen LogP contribution in [-0.2, 0) is 4.79 Å². The lowest BCUT2D eigenvalue weighted by Crippen LogP contribution is -1.95. The first kappa shape index (κ1) is 11.5. The fraction of sp³-hybridized carbons (Fsp3) is 0.0833. The molecule has 0 radical (unpaired) electrons. The van der Waals surface area contributed by atoms with Gasteiger partial charge in [-0.1, -0.05) is 11.6 Å². The molecule has 0 saturated heterocycles. The molecular formula is C12H10ClN3O. The van der Waals surface area contributed by atoms with Crippen LogP contribution >= 0.6 is 11.6 Å². The Bertz CT molecular complexity index is 596. The van der Waals surface area contributed by atoms with Gasteiger partial charge in [0.15, 0.2) is 6.29 Å². The van der Waals surface area contributed by atoms with Crippen molar-refractivity contribution in [2.45, 2.75) is 6.92 Å². The van der Waals surface area contributed by atoms with Crippen LogP contribution in [0.25, 0.3) is 10.9 Å². The number of nitrogens with one attached hydrogen (secondary N) is 1. The normalized spacial score (nSPS) is 10.9. The van der Waals surface area contributed by atoms with Gasteiger partial charge in [-0.25, -0.2) is 4.98 Å². The zero-order valence-electron chi connectivity index (χ0n) is 9.14. The highest BCUT2D eigenvalue weighted by Gasteiger charge is 2.02. The van der Waals surface area contributed by atoms with E-state index in [0.29, 0.717) is 17.1 Å². The Hall–Kier alpha value is -1.94. The maximum absolute atomic E-state index is 10.1. The third kappa shape index (κ3) is 2.60. The number of pyridine rings is 1. The Kier molecular flexibility index (Phi) is 3.35. The maximum atomic E-state index is 10.1. The lowest BCUT2D eigenvalue weighted by atomic mass is 10.1. The number of anilines is 1. The standard InChI is InChI=1S/C12H10ClN3O/c1-8-6-12(16-14-4-5-17)15-11-3-2-9(13)7-10(8)11/h2-7H,1H3,(H,15,16)/b14-4+. The number of hydrazone groups is 1. The summed E-state index contributed by atoms with van der Waals surface area (Å²) in [5.74, 6) is 0.593. The van der Waals surface area contributed by atoms with Crippen LogP contribution in [0.15, 0.2) is 29.4 Å². The van der Waals surface area contributed by atoms with Crippen molar-refractivity contribution in [2.24, 2.45) is 5.10 Å². The number of aryl methyl sites for hydroxylation is 1. The van der Waals surface area contributed by atoms with Gasteiger partial charge in [-0.3, -0.25) is 10.2 Å². The van der Waals surface area contributed by atoms with E-state index in [2.05, 4.69) is 15.5 Å². The number of hydrogen-bond acceptors (Lipinski definition) is 4. The highest BCUT2D eigenvalue weighted by Crippen LogP contribution is 2.23. The predicted octanol–water partition coefficient (Wildman–Crippen LogP) is 2.79. The van der Waals surface area contributed by atoms with E-state index in [0.717, 1.165) is 22.7 Å². The Morgan fingerprint density at radius 1 is 1.41 bits per heavy atom. The smallest absolute Gasteiger partial charge is 0.162 e. The number of aromatic nitrogens is 1. The number of fused-ring (bicyclic) bond motifs is 1. The van der Waals surface area contributed by atoms with Crippen molar-refractivity contribution >= 4 is 40.8 Å². The van der Waals surface area contributed by atoms with Crippen LogP contribution in [0.4, 0.5) is 5.82 Å². The Labute approximate surface area is 103 Å². The molecule has 2 aromatic rings. The van der Waals surface area contributed by atoms with Crippen molar-refractivity contribution in [2.75, 3.05) is 5.43 Å². The third-order valence-electron chi connectivity index (χ3n) is 2.29. The Morgan fingerprint density at radius 2 is 2.24 bits per heavy atom. The zero-order valence-corrected chi connectivity index (χ0v) is 9.90. The number of nitrogens with zero attached hydrogens (tertiary/aromatic N) is 2. The van der Waals surface area contributed by atoms with E-state index < -0.39 is 0 Å². The van der Waals surface area contributed by atoms with Crippen LogP contribution in [0.1, 0.15) is 5.56 Å². The van der Waals surface area contributed by atoms with Crippen molar-refractivity contribution in [1.29, 1.82) is 0 Å². The van der Waals surface area contributed by atoms with E-state index in [9.17, 15) is 4.79 Å². The van der Waals surface area contributed by atoms with E-state index in [1.165, 1.54) is 0 Å². The van der Waals surface area contributed by atoms with Gasteiger partial charge in [-0.2, -0.15) is 5.10 Å². The molecule has 1 aromatic heterocycles. The Morgan fingerprint density at radius 3 is 3.00 bits per heavy atom. The van der Waals surface area contributed by atoms with Gasteiger partial charge in [0.2, 0.25) is 0 Å². The maximum Gasteiger partial charge on any atom is 0.162 e. The van der Waals surface area contributed by atoms with Gasteiger partial charge in [0, 0.05) is 10.4 Å². The number of rotatable bonds is 3. The van der Waals surface area contributed by atoms with Crippen LogP contribution in [0.5, 0.6) is 0 Å². The molecule has 1 aromatic carbocycles. The van der Waals surface area contributed by atoms with Gasteiger partial charge in [-0.15, -0.1) is 0 Å². The minimum absolute atomic E-state index is 0.593. The largest absolute Gasteiger partial charge is 0.297 e. The van der Waals surface area contributed by atoms with Crippen molar-refractivity contribution in [3.8, 4) is 0 Å². The molecule has 0 bridgehead atoms. The van der Waals surface area contributed by atoms with E-state index in [1.807, 2.05) is 25.1 Å². The summed E-state index contributed by atoms with van der Waals surface area (Å²) >= 11 is 5.93. The summed E-state index contributed by atoms with van der Waals surface area (Å²) in [5.41, 5.74) is 4.56. The van der Waals surface area contributed by atoms with Crippen LogP contribution < -0.4 is 5.43 Å². The average Bonchev–Trinajstić information content (AvgIpc) is 2.31. The number of carbonyl (C=O) groups excluding carboxylic acids is 1. The molecule has 17 heavy (non-hydrogen) atoms. The number of benzene rings is 1. The fourth-order valence-electron chi connectivity index (χ4n) is 1.56. The van der Waals surface area contributed by atoms with E-state index in [-0.39, 0.29) is 0 Å². The van der Waals surface area contributed by atoms with Crippen molar-refractivity contribution < 1.29 is 4.79 Å². The molecule has 4 nitrogen and oxygen atoms in total. The summed E-state index contributed by atoms with van der Waals surface area (Å²) in [6, 6.07) is 7.35. The molecule has 0 spiro atoms. The third-order valence-corrected chi connectivity index (χ3v) is 2.53. The quantitative estimate of drug-likeness (QED) is 0.516. The molecule has 1 heterocycles.